The molecule has 20 heteroatoms. The van der Waals surface area contributed by atoms with E-state index in [1.165, 1.54) is 13.8 Å². The zero-order valence-electron chi connectivity index (χ0n) is 14.1. The van der Waals surface area contributed by atoms with E-state index in [1.807, 2.05) is 0 Å². The van der Waals surface area contributed by atoms with E-state index in [0.29, 0.717) is 0 Å². The quantitative estimate of drug-likeness (QED) is 0.191. The summed E-state index contributed by atoms with van der Waals surface area (Å²) in [6.45, 7) is 2.43. The van der Waals surface area contributed by atoms with Crippen LogP contribution in [0.5, 0.6) is 0 Å². The van der Waals surface area contributed by atoms with Gasteiger partial charge in [0.05, 0.1) is 0 Å². The zero-order chi connectivity index (χ0) is 22.3. The lowest BCUT2D eigenvalue weighted by Gasteiger charge is -2.47. The Kier molecular flexibility index (Phi) is 8.41. The molecule has 0 spiro atoms. The Balaban J connectivity index is 3.53. The summed E-state index contributed by atoms with van der Waals surface area (Å²) in [6, 6.07) is 0. The van der Waals surface area contributed by atoms with Crippen LogP contribution in [-0.4, -0.2) is 63.6 Å². The first-order chi connectivity index (χ1) is 12.2. The number of hydrogen-bond donors (Lipinski definition) is 8. The lowest BCUT2D eigenvalue weighted by atomic mass is 9.74. The Hall–Kier alpha value is 0.440. The summed E-state index contributed by atoms with van der Waals surface area (Å²) in [6.07, 6.45) is -8.44. The summed E-state index contributed by atoms with van der Waals surface area (Å²) >= 11 is 0. The lowest BCUT2D eigenvalue weighted by Crippen LogP contribution is -2.59. The summed E-state index contributed by atoms with van der Waals surface area (Å²) in [5, 5.41) is 0. The van der Waals surface area contributed by atoms with Gasteiger partial charge in [-0.2, -0.15) is 0 Å². The van der Waals surface area contributed by atoms with Crippen molar-refractivity contribution in [3.63, 3.8) is 0 Å². The molecule has 0 heterocycles. The van der Waals surface area contributed by atoms with E-state index in [2.05, 4.69) is 18.1 Å². The van der Waals surface area contributed by atoms with Gasteiger partial charge in [-0.1, -0.05) is 13.8 Å². The average molecular weight is 496 g/mol. The van der Waals surface area contributed by atoms with E-state index in [0.717, 1.165) is 0 Å². The van der Waals surface area contributed by atoms with Crippen LogP contribution in [-0.2, 0) is 36.4 Å². The molecule has 0 bridgehead atoms. The van der Waals surface area contributed by atoms with Gasteiger partial charge in [0.25, 0.3) is 0 Å². The van der Waals surface area contributed by atoms with Crippen LogP contribution in [0.3, 0.4) is 0 Å². The molecule has 1 saturated carbocycles. The minimum absolute atomic E-state index is 1.16. The molecule has 0 radical (unpaired) electrons. The molecule has 28 heavy (non-hydrogen) atoms. The van der Waals surface area contributed by atoms with E-state index in [-0.39, 0.29) is 0 Å². The molecule has 8 N–H and O–H groups in total. The van der Waals surface area contributed by atoms with Gasteiger partial charge in [0, 0.05) is 0 Å². The Morgan fingerprint density at radius 2 is 0.643 bits per heavy atom. The van der Waals surface area contributed by atoms with E-state index >= 15 is 0 Å². The van der Waals surface area contributed by atoms with Crippen LogP contribution >= 0.6 is 31.3 Å². The second kappa shape index (κ2) is 8.89. The van der Waals surface area contributed by atoms with Gasteiger partial charge < -0.3 is 39.1 Å². The molecule has 0 aromatic rings. The first-order valence-electron chi connectivity index (χ1n) is 7.16. The van der Waals surface area contributed by atoms with Crippen LogP contribution in [0.25, 0.3) is 0 Å². The highest BCUT2D eigenvalue weighted by molar-refractivity contribution is 7.47. The SMILES string of the molecule is C[C@@H]1[C@@H](C)[C@H](OP(=O)(O)O)[C@@H](OP(=O)(O)O)[C@H](OP(=O)(O)O)[C@@H]1OP(=O)(O)O. The predicted molar refractivity (Wildman–Crippen MR) is 86.0 cm³/mol. The maximum atomic E-state index is 11.3. The van der Waals surface area contributed by atoms with Crippen molar-refractivity contribution in [1.29, 1.82) is 0 Å². The van der Waals surface area contributed by atoms with Crippen LogP contribution in [0.15, 0.2) is 0 Å². The van der Waals surface area contributed by atoms with Crippen LogP contribution < -0.4 is 0 Å². The van der Waals surface area contributed by atoms with Crippen molar-refractivity contribution in [1.82, 2.24) is 0 Å². The Bertz CT molecular complexity index is 667. The molecular weight excluding hydrogens is 476 g/mol. The van der Waals surface area contributed by atoms with Crippen LogP contribution in [0.2, 0.25) is 0 Å². The fraction of sp³-hybridized carbons (Fsp3) is 1.00. The highest BCUT2D eigenvalue weighted by Crippen LogP contribution is 2.54. The molecule has 16 nitrogen and oxygen atoms in total. The number of phosphoric ester groups is 4. The minimum Gasteiger partial charge on any atom is -0.303 e. The minimum atomic E-state index is -5.48. The third-order valence-corrected chi connectivity index (χ3v) is 5.95. The van der Waals surface area contributed by atoms with E-state index < -0.39 is 67.5 Å². The first-order valence-corrected chi connectivity index (χ1v) is 13.3. The highest BCUT2D eigenvalue weighted by Gasteiger charge is 2.56. The normalized spacial score (nSPS) is 33.1. The Morgan fingerprint density at radius 1 is 0.464 bits per heavy atom. The number of hydrogen-bond acceptors (Lipinski definition) is 8. The number of phosphoric acid groups is 4. The molecule has 0 aromatic heterocycles. The van der Waals surface area contributed by atoms with Crippen LogP contribution in [0.4, 0.5) is 0 Å². The average Bonchev–Trinajstić information content (AvgIpc) is 2.39. The van der Waals surface area contributed by atoms with Crippen molar-refractivity contribution in [3.05, 3.63) is 0 Å². The Labute approximate surface area is 157 Å². The van der Waals surface area contributed by atoms with Crippen LogP contribution in [0.1, 0.15) is 13.8 Å². The van der Waals surface area contributed by atoms with Crippen LogP contribution in [0, 0.1) is 11.8 Å². The van der Waals surface area contributed by atoms with Gasteiger partial charge in [-0.25, -0.2) is 18.3 Å². The first kappa shape index (κ1) is 26.5. The van der Waals surface area contributed by atoms with Gasteiger partial charge in [-0.05, 0) is 11.8 Å². The molecule has 0 aliphatic heterocycles. The molecule has 0 amide bonds. The molecule has 1 aliphatic carbocycles. The van der Waals surface area contributed by atoms with Gasteiger partial charge >= 0.3 is 31.3 Å². The van der Waals surface area contributed by atoms with Gasteiger partial charge in [0.2, 0.25) is 0 Å². The summed E-state index contributed by atoms with van der Waals surface area (Å²) in [4.78, 5) is 72.5. The third-order valence-electron chi connectivity index (χ3n) is 3.87. The third kappa shape index (κ3) is 8.66. The summed E-state index contributed by atoms with van der Waals surface area (Å²) in [5.41, 5.74) is 0. The summed E-state index contributed by atoms with van der Waals surface area (Å²) < 4.78 is 62.7. The highest BCUT2D eigenvalue weighted by atomic mass is 31.2. The molecule has 1 fully saturated rings. The fourth-order valence-corrected chi connectivity index (χ4v) is 5.13. The maximum Gasteiger partial charge on any atom is 0.470 e. The lowest BCUT2D eigenvalue weighted by molar-refractivity contribution is -0.160. The maximum absolute atomic E-state index is 11.3. The van der Waals surface area contributed by atoms with Crippen molar-refractivity contribution in [3.8, 4) is 0 Å². The molecule has 6 atom stereocenters. The fourth-order valence-electron chi connectivity index (χ4n) is 2.76. The monoisotopic (exact) mass is 496 g/mol. The molecule has 168 valence electrons. The van der Waals surface area contributed by atoms with E-state index in [1.54, 1.807) is 0 Å². The smallest absolute Gasteiger partial charge is 0.303 e. The molecule has 0 saturated heterocycles. The molecular formula is C8H20O16P4. The van der Waals surface area contributed by atoms with Gasteiger partial charge in [0.1, 0.15) is 24.4 Å². The second-order valence-electron chi connectivity index (χ2n) is 5.96. The Morgan fingerprint density at radius 3 is 0.821 bits per heavy atom. The summed E-state index contributed by atoms with van der Waals surface area (Å²) in [5.74, 6) is -2.31. The standard InChI is InChI=1S/C8H20O16P4/c1-3-4(2)6(22-26(12,13)14)8(24-28(18,19)20)7(23-27(15,16)17)5(3)21-25(9,10)11/h3-8H,1-2H3,(H2,9,10,11)(H2,12,13,14)(H2,15,16,17)(H2,18,19,20)/t3-,4-,5-,6+,7-,8-/m1/s1. The zero-order valence-corrected chi connectivity index (χ0v) is 17.7. The second-order valence-corrected chi connectivity index (χ2v) is 10.7. The van der Waals surface area contributed by atoms with Gasteiger partial charge in [-0.15, -0.1) is 0 Å². The van der Waals surface area contributed by atoms with Gasteiger partial charge in [-0.3, -0.25) is 18.1 Å². The van der Waals surface area contributed by atoms with Crippen molar-refractivity contribution >= 4 is 31.3 Å². The van der Waals surface area contributed by atoms with E-state index in [4.69, 9.17) is 39.1 Å². The van der Waals surface area contributed by atoms with Crippen molar-refractivity contribution in [2.24, 2.45) is 11.8 Å². The molecule has 1 rings (SSSR count). The molecule has 0 aromatic carbocycles. The van der Waals surface area contributed by atoms with Crippen molar-refractivity contribution in [2.45, 2.75) is 38.3 Å². The summed E-state index contributed by atoms with van der Waals surface area (Å²) in [7, 11) is -21.6. The molecule has 0 unspecified atom stereocenters. The van der Waals surface area contributed by atoms with Gasteiger partial charge in [0.15, 0.2) is 0 Å². The topological polar surface area (TPSA) is 267 Å². The van der Waals surface area contributed by atoms with E-state index in [9.17, 15) is 18.3 Å². The number of rotatable bonds is 8. The largest absolute Gasteiger partial charge is 0.470 e. The van der Waals surface area contributed by atoms with Crippen molar-refractivity contribution < 1.29 is 75.5 Å². The predicted octanol–water partition coefficient (Wildman–Crippen LogP) is -0.816. The molecule has 1 aliphatic rings. The van der Waals surface area contributed by atoms with Crippen molar-refractivity contribution in [2.75, 3.05) is 0 Å².